The van der Waals surface area contributed by atoms with Gasteiger partial charge in [0.1, 0.15) is 11.4 Å². The Morgan fingerprint density at radius 3 is 3.00 bits per heavy atom. The Morgan fingerprint density at radius 1 is 1.33 bits per heavy atom. The van der Waals surface area contributed by atoms with Gasteiger partial charge in [-0.2, -0.15) is 0 Å². The maximum atomic E-state index is 5.44. The van der Waals surface area contributed by atoms with E-state index in [9.17, 15) is 0 Å². The summed E-state index contributed by atoms with van der Waals surface area (Å²) in [5.41, 5.74) is 0.911. The van der Waals surface area contributed by atoms with Crippen LogP contribution in [0.2, 0.25) is 0 Å². The molecule has 0 bridgehead atoms. The van der Waals surface area contributed by atoms with Gasteiger partial charge in [0.2, 0.25) is 0 Å². The fourth-order valence-corrected chi connectivity index (χ4v) is 3.76. The minimum absolute atomic E-state index is 0.520. The van der Waals surface area contributed by atoms with Gasteiger partial charge in [0.05, 0.1) is 11.6 Å². The van der Waals surface area contributed by atoms with Crippen LogP contribution in [0.5, 0.6) is 0 Å². The van der Waals surface area contributed by atoms with E-state index in [1.54, 1.807) is 6.26 Å². The number of hydrogen-bond acceptors (Lipinski definition) is 3. The molecular formula is C14H17BrN2O. The first kappa shape index (κ1) is 12.0. The molecule has 0 aliphatic heterocycles. The van der Waals surface area contributed by atoms with E-state index in [-0.39, 0.29) is 0 Å². The number of aromatic nitrogens is 1. The van der Waals surface area contributed by atoms with Gasteiger partial charge in [0.25, 0.3) is 0 Å². The van der Waals surface area contributed by atoms with Gasteiger partial charge in [-0.3, -0.25) is 0 Å². The molecule has 0 N–H and O–H groups in total. The molecule has 4 heteroatoms. The summed E-state index contributed by atoms with van der Waals surface area (Å²) in [5.74, 6) is 1.03. The highest BCUT2D eigenvalue weighted by Gasteiger charge is 2.28. The zero-order chi connectivity index (χ0) is 12.5. The summed E-state index contributed by atoms with van der Waals surface area (Å²) in [6.07, 6.45) is 8.65. The van der Waals surface area contributed by atoms with Crippen molar-refractivity contribution in [2.24, 2.45) is 0 Å². The van der Waals surface area contributed by atoms with Crippen LogP contribution in [0.4, 0.5) is 5.82 Å². The second kappa shape index (κ2) is 4.92. The minimum Gasteiger partial charge on any atom is -0.464 e. The Bertz CT molecular complexity index is 539. The molecule has 1 saturated carbocycles. The predicted octanol–water partition coefficient (Wildman–Crippen LogP) is 3.97. The lowest BCUT2D eigenvalue weighted by Crippen LogP contribution is -2.41. The summed E-state index contributed by atoms with van der Waals surface area (Å²) in [7, 11) is 2.14. The molecule has 3 rings (SSSR count). The second-order valence-electron chi connectivity index (χ2n) is 4.95. The smallest absolute Gasteiger partial charge is 0.139 e. The SMILES string of the molecule is CN(c1nccc2occc12)C1CCCCC1Br. The van der Waals surface area contributed by atoms with Gasteiger partial charge in [-0.05, 0) is 25.0 Å². The van der Waals surface area contributed by atoms with Crippen molar-refractivity contribution in [2.45, 2.75) is 36.6 Å². The van der Waals surface area contributed by atoms with Gasteiger partial charge in [-0.1, -0.05) is 28.8 Å². The Labute approximate surface area is 115 Å². The Kier molecular flexibility index (Phi) is 3.29. The van der Waals surface area contributed by atoms with E-state index in [2.05, 4.69) is 32.9 Å². The zero-order valence-electron chi connectivity index (χ0n) is 10.5. The largest absolute Gasteiger partial charge is 0.464 e. The standard InChI is InChI=1S/C14H17BrN2O/c1-17(12-5-3-2-4-11(12)15)14-10-7-9-18-13(10)6-8-16-14/h6-9,11-12H,2-5H2,1H3. The number of rotatable bonds is 2. The van der Waals surface area contributed by atoms with E-state index in [0.29, 0.717) is 10.9 Å². The number of alkyl halides is 1. The van der Waals surface area contributed by atoms with Crippen LogP contribution >= 0.6 is 15.9 Å². The zero-order valence-corrected chi connectivity index (χ0v) is 12.1. The maximum Gasteiger partial charge on any atom is 0.139 e. The van der Waals surface area contributed by atoms with Crippen LogP contribution in [0.1, 0.15) is 25.7 Å². The van der Waals surface area contributed by atoms with E-state index in [4.69, 9.17) is 4.42 Å². The highest BCUT2D eigenvalue weighted by atomic mass is 79.9. The Balaban J connectivity index is 1.95. The molecule has 3 nitrogen and oxygen atoms in total. The van der Waals surface area contributed by atoms with Gasteiger partial charge in [0, 0.05) is 24.1 Å². The van der Waals surface area contributed by atoms with Crippen molar-refractivity contribution in [2.75, 3.05) is 11.9 Å². The lowest BCUT2D eigenvalue weighted by atomic mass is 9.94. The number of furan rings is 1. The third-order valence-corrected chi connectivity index (χ3v) is 4.91. The number of nitrogens with zero attached hydrogens (tertiary/aromatic N) is 2. The quantitative estimate of drug-likeness (QED) is 0.786. The Morgan fingerprint density at radius 2 is 2.17 bits per heavy atom. The van der Waals surface area contributed by atoms with Crippen molar-refractivity contribution >= 4 is 32.7 Å². The molecule has 0 saturated heterocycles. The Hall–Kier alpha value is -1.03. The predicted molar refractivity (Wildman–Crippen MR) is 77.4 cm³/mol. The summed E-state index contributed by atoms with van der Waals surface area (Å²) >= 11 is 3.81. The molecule has 2 heterocycles. The van der Waals surface area contributed by atoms with Crippen molar-refractivity contribution < 1.29 is 4.42 Å². The molecular weight excluding hydrogens is 292 g/mol. The summed E-state index contributed by atoms with van der Waals surface area (Å²) in [6, 6.07) is 4.44. The molecule has 2 aromatic heterocycles. The summed E-state index contributed by atoms with van der Waals surface area (Å²) in [4.78, 5) is 7.39. The van der Waals surface area contributed by atoms with E-state index >= 15 is 0 Å². The molecule has 2 aromatic rings. The fourth-order valence-electron chi connectivity index (χ4n) is 2.82. The summed E-state index contributed by atoms with van der Waals surface area (Å²) in [5, 5.41) is 1.10. The third kappa shape index (κ3) is 2.03. The van der Waals surface area contributed by atoms with Crippen LogP contribution in [0.3, 0.4) is 0 Å². The van der Waals surface area contributed by atoms with E-state index in [1.807, 2.05) is 18.3 Å². The number of fused-ring (bicyclic) bond motifs is 1. The van der Waals surface area contributed by atoms with E-state index in [0.717, 1.165) is 16.8 Å². The number of halogens is 1. The summed E-state index contributed by atoms with van der Waals surface area (Å²) in [6.45, 7) is 0. The van der Waals surface area contributed by atoms with Gasteiger partial charge >= 0.3 is 0 Å². The first-order chi connectivity index (χ1) is 8.77. The lowest BCUT2D eigenvalue weighted by molar-refractivity contribution is 0.443. The van der Waals surface area contributed by atoms with Crippen LogP contribution in [-0.4, -0.2) is 22.9 Å². The van der Waals surface area contributed by atoms with Crippen molar-refractivity contribution in [3.8, 4) is 0 Å². The topological polar surface area (TPSA) is 29.3 Å². The molecule has 1 aliphatic rings. The van der Waals surface area contributed by atoms with Gasteiger partial charge in [0.15, 0.2) is 0 Å². The molecule has 1 aliphatic carbocycles. The highest BCUT2D eigenvalue weighted by Crippen LogP contribution is 2.33. The molecule has 0 spiro atoms. The van der Waals surface area contributed by atoms with E-state index < -0.39 is 0 Å². The van der Waals surface area contributed by atoms with Crippen molar-refractivity contribution in [1.29, 1.82) is 0 Å². The molecule has 0 radical (unpaired) electrons. The molecule has 0 amide bonds. The normalized spacial score (nSPS) is 24.3. The van der Waals surface area contributed by atoms with E-state index in [1.165, 1.54) is 25.7 Å². The second-order valence-corrected chi connectivity index (χ2v) is 6.12. The number of pyridine rings is 1. The van der Waals surface area contributed by atoms with Crippen LogP contribution in [-0.2, 0) is 0 Å². The summed E-state index contributed by atoms with van der Waals surface area (Å²) < 4.78 is 5.44. The minimum atomic E-state index is 0.520. The molecule has 96 valence electrons. The van der Waals surface area contributed by atoms with Gasteiger partial charge in [-0.15, -0.1) is 0 Å². The third-order valence-electron chi connectivity index (χ3n) is 3.84. The van der Waals surface area contributed by atoms with Gasteiger partial charge in [-0.25, -0.2) is 4.98 Å². The van der Waals surface area contributed by atoms with Crippen LogP contribution in [0.25, 0.3) is 11.0 Å². The molecule has 2 unspecified atom stereocenters. The first-order valence-corrected chi connectivity index (χ1v) is 7.38. The fraction of sp³-hybridized carbons (Fsp3) is 0.500. The molecule has 0 aromatic carbocycles. The number of anilines is 1. The van der Waals surface area contributed by atoms with Crippen LogP contribution in [0.15, 0.2) is 29.0 Å². The highest BCUT2D eigenvalue weighted by molar-refractivity contribution is 9.09. The van der Waals surface area contributed by atoms with Gasteiger partial charge < -0.3 is 9.32 Å². The lowest BCUT2D eigenvalue weighted by Gasteiger charge is -2.36. The van der Waals surface area contributed by atoms with Crippen molar-refractivity contribution in [3.63, 3.8) is 0 Å². The molecule has 18 heavy (non-hydrogen) atoms. The monoisotopic (exact) mass is 308 g/mol. The molecule has 2 atom stereocenters. The van der Waals surface area contributed by atoms with Crippen LogP contribution in [0, 0.1) is 0 Å². The van der Waals surface area contributed by atoms with Crippen LogP contribution < -0.4 is 4.90 Å². The van der Waals surface area contributed by atoms with Crippen molar-refractivity contribution in [1.82, 2.24) is 4.98 Å². The molecule has 1 fully saturated rings. The average molecular weight is 309 g/mol. The maximum absolute atomic E-state index is 5.44. The van der Waals surface area contributed by atoms with Crippen molar-refractivity contribution in [3.05, 3.63) is 24.6 Å². The number of hydrogen-bond donors (Lipinski definition) is 0. The first-order valence-electron chi connectivity index (χ1n) is 6.46. The average Bonchev–Trinajstić information content (AvgIpc) is 2.86.